The number of nitrogens with two attached hydrogens (primary N) is 1. The first-order chi connectivity index (χ1) is 10.1. The molecule has 2 heterocycles. The molecule has 5 heteroatoms. The minimum Gasteiger partial charge on any atom is -0.480 e. The summed E-state index contributed by atoms with van der Waals surface area (Å²) in [6, 6.07) is 7.82. The van der Waals surface area contributed by atoms with E-state index in [2.05, 4.69) is 11.1 Å². The van der Waals surface area contributed by atoms with Crippen molar-refractivity contribution in [3.63, 3.8) is 0 Å². The van der Waals surface area contributed by atoms with Crippen molar-refractivity contribution >= 4 is 16.9 Å². The van der Waals surface area contributed by atoms with E-state index in [4.69, 9.17) is 10.5 Å². The highest BCUT2D eigenvalue weighted by Crippen LogP contribution is 2.29. The Hall–Kier alpha value is -2.11. The highest BCUT2D eigenvalue weighted by Gasteiger charge is 2.43. The van der Waals surface area contributed by atoms with Crippen LogP contribution in [-0.2, 0) is 16.0 Å². The second-order valence-corrected chi connectivity index (χ2v) is 5.54. The Morgan fingerprint density at radius 3 is 2.90 bits per heavy atom. The average molecular weight is 286 g/mol. The van der Waals surface area contributed by atoms with Gasteiger partial charge in [0.15, 0.2) is 0 Å². The Kier molecular flexibility index (Phi) is 3.53. The van der Waals surface area contributed by atoms with E-state index < -0.39 is 11.4 Å². The average Bonchev–Trinajstić information content (AvgIpc) is 2.81. The molecular weight excluding hydrogens is 268 g/mol. The molecule has 4 N–H and O–H groups in total. The van der Waals surface area contributed by atoms with Crippen molar-refractivity contribution in [3.05, 3.63) is 48.2 Å². The number of nitrogens with one attached hydrogen (secondary N) is 1. The zero-order valence-corrected chi connectivity index (χ0v) is 11.6. The van der Waals surface area contributed by atoms with Gasteiger partial charge in [-0.2, -0.15) is 0 Å². The van der Waals surface area contributed by atoms with Gasteiger partial charge in [-0.1, -0.05) is 30.4 Å². The lowest BCUT2D eigenvalue weighted by molar-refractivity contribution is -0.169. The van der Waals surface area contributed by atoms with Crippen molar-refractivity contribution in [2.45, 2.75) is 12.5 Å². The van der Waals surface area contributed by atoms with E-state index in [1.54, 1.807) is 12.2 Å². The lowest BCUT2D eigenvalue weighted by Crippen LogP contribution is -2.47. The largest absolute Gasteiger partial charge is 0.480 e. The maximum Gasteiger partial charge on any atom is 0.318 e. The molecule has 1 unspecified atom stereocenters. The quantitative estimate of drug-likeness (QED) is 0.730. The predicted molar refractivity (Wildman–Crippen MR) is 80.0 cm³/mol. The van der Waals surface area contributed by atoms with Crippen molar-refractivity contribution in [2.24, 2.45) is 11.1 Å². The first-order valence-corrected chi connectivity index (χ1v) is 6.92. The van der Waals surface area contributed by atoms with E-state index in [9.17, 15) is 9.90 Å². The Labute approximate surface area is 122 Å². The molecule has 0 amide bonds. The number of aliphatic carboxylic acids is 1. The van der Waals surface area contributed by atoms with Crippen LogP contribution in [-0.4, -0.2) is 35.3 Å². The number of H-pyrrole nitrogens is 1. The molecule has 2 aromatic rings. The number of rotatable bonds is 5. The van der Waals surface area contributed by atoms with Gasteiger partial charge in [-0.25, -0.2) is 0 Å². The van der Waals surface area contributed by atoms with Crippen LogP contribution < -0.4 is 5.73 Å². The molecular formula is C16H18N2O3. The van der Waals surface area contributed by atoms with Gasteiger partial charge in [0.1, 0.15) is 5.41 Å². The Balaban J connectivity index is 1.72. The van der Waals surface area contributed by atoms with Gasteiger partial charge in [0.05, 0.1) is 13.2 Å². The van der Waals surface area contributed by atoms with Gasteiger partial charge < -0.3 is 20.6 Å². The second kappa shape index (κ2) is 5.35. The van der Waals surface area contributed by atoms with Crippen LogP contribution in [0.4, 0.5) is 0 Å². The molecule has 0 radical (unpaired) electrons. The summed E-state index contributed by atoms with van der Waals surface area (Å²) in [4.78, 5) is 14.4. The van der Waals surface area contributed by atoms with E-state index in [1.165, 1.54) is 0 Å². The van der Waals surface area contributed by atoms with E-state index >= 15 is 0 Å². The first kappa shape index (κ1) is 13.9. The molecule has 1 atom stereocenters. The lowest BCUT2D eigenvalue weighted by atomic mass is 9.85. The van der Waals surface area contributed by atoms with Gasteiger partial charge in [-0.05, 0) is 18.1 Å². The highest BCUT2D eigenvalue weighted by molar-refractivity contribution is 5.83. The van der Waals surface area contributed by atoms with Crippen molar-refractivity contribution < 1.29 is 14.6 Å². The van der Waals surface area contributed by atoms with E-state index in [0.29, 0.717) is 6.42 Å². The molecule has 0 aliphatic carbocycles. The molecule has 1 aliphatic rings. The van der Waals surface area contributed by atoms with Gasteiger partial charge in [-0.15, -0.1) is 0 Å². The normalized spacial score (nSPS) is 18.7. The van der Waals surface area contributed by atoms with Crippen LogP contribution >= 0.6 is 0 Å². The van der Waals surface area contributed by atoms with Crippen LogP contribution in [0.15, 0.2) is 42.6 Å². The monoisotopic (exact) mass is 286 g/mol. The predicted octanol–water partition coefficient (Wildman–Crippen LogP) is 1.70. The SMILES string of the molecule is NC(/C=C/C1(C(=O)O)COC1)Cc1c[nH]c2ccccc12. The van der Waals surface area contributed by atoms with Crippen molar-refractivity contribution in [1.29, 1.82) is 0 Å². The number of carboxylic acids is 1. The van der Waals surface area contributed by atoms with E-state index in [-0.39, 0.29) is 19.3 Å². The first-order valence-electron chi connectivity index (χ1n) is 6.92. The number of hydrogen-bond donors (Lipinski definition) is 3. The summed E-state index contributed by atoms with van der Waals surface area (Å²) in [5, 5.41) is 10.4. The van der Waals surface area contributed by atoms with Crippen LogP contribution in [0.3, 0.4) is 0 Å². The van der Waals surface area contributed by atoms with Crippen LogP contribution in [0.5, 0.6) is 0 Å². The molecule has 110 valence electrons. The maximum atomic E-state index is 11.2. The molecule has 0 saturated carbocycles. The zero-order valence-electron chi connectivity index (χ0n) is 11.6. The Morgan fingerprint density at radius 2 is 2.24 bits per heavy atom. The summed E-state index contributed by atoms with van der Waals surface area (Å²) in [6.45, 7) is 0.442. The molecule has 3 rings (SSSR count). The number of aromatic nitrogens is 1. The fraction of sp³-hybridized carbons (Fsp3) is 0.312. The van der Waals surface area contributed by atoms with E-state index in [1.807, 2.05) is 24.4 Å². The third-order valence-electron chi connectivity index (χ3n) is 3.94. The summed E-state index contributed by atoms with van der Waals surface area (Å²) < 4.78 is 5.02. The molecule has 1 aliphatic heterocycles. The molecule has 5 nitrogen and oxygen atoms in total. The molecule has 1 aromatic carbocycles. The van der Waals surface area contributed by atoms with Gasteiger partial charge in [0.2, 0.25) is 0 Å². The minimum absolute atomic E-state index is 0.221. The number of carbonyl (C=O) groups is 1. The molecule has 1 saturated heterocycles. The summed E-state index contributed by atoms with van der Waals surface area (Å²) in [5.74, 6) is -0.857. The van der Waals surface area contributed by atoms with Gasteiger partial charge >= 0.3 is 5.97 Å². The van der Waals surface area contributed by atoms with Crippen molar-refractivity contribution in [2.75, 3.05) is 13.2 Å². The highest BCUT2D eigenvalue weighted by atomic mass is 16.5. The van der Waals surface area contributed by atoms with Gasteiger partial charge in [-0.3, -0.25) is 4.79 Å². The van der Waals surface area contributed by atoms with Crippen LogP contribution in [0, 0.1) is 5.41 Å². The smallest absolute Gasteiger partial charge is 0.318 e. The fourth-order valence-electron chi connectivity index (χ4n) is 2.54. The third-order valence-corrected chi connectivity index (χ3v) is 3.94. The standard InChI is InChI=1S/C16H18N2O3/c17-12(5-6-16(15(19)20)9-21-10-16)7-11-8-18-14-4-2-1-3-13(11)14/h1-6,8,12,18H,7,9-10,17H2,(H,19,20)/b6-5+. The maximum absolute atomic E-state index is 11.2. The number of carboxylic acid groups (broad SMARTS) is 1. The minimum atomic E-state index is -0.891. The second-order valence-electron chi connectivity index (χ2n) is 5.54. The number of aromatic amines is 1. The summed E-state index contributed by atoms with van der Waals surface area (Å²) >= 11 is 0. The molecule has 21 heavy (non-hydrogen) atoms. The van der Waals surface area contributed by atoms with Crippen LogP contribution in [0.25, 0.3) is 10.9 Å². The van der Waals surface area contributed by atoms with Crippen LogP contribution in [0.1, 0.15) is 5.56 Å². The third kappa shape index (κ3) is 2.57. The summed E-state index contributed by atoms with van der Waals surface area (Å²) in [7, 11) is 0. The number of ether oxygens (including phenoxy) is 1. The topological polar surface area (TPSA) is 88.3 Å². The van der Waals surface area contributed by atoms with Crippen LogP contribution in [0.2, 0.25) is 0 Å². The number of hydrogen-bond acceptors (Lipinski definition) is 3. The molecule has 1 aromatic heterocycles. The number of fused-ring (bicyclic) bond motifs is 1. The van der Waals surface area contributed by atoms with Crippen molar-refractivity contribution in [1.82, 2.24) is 4.98 Å². The Morgan fingerprint density at radius 1 is 1.48 bits per heavy atom. The molecule has 0 bridgehead atoms. The fourth-order valence-corrected chi connectivity index (χ4v) is 2.54. The number of benzene rings is 1. The zero-order chi connectivity index (χ0) is 14.9. The lowest BCUT2D eigenvalue weighted by Gasteiger charge is -2.34. The van der Waals surface area contributed by atoms with E-state index in [0.717, 1.165) is 16.5 Å². The summed E-state index contributed by atoms with van der Waals surface area (Å²) in [6.07, 6.45) is 6.08. The number of para-hydroxylation sites is 1. The summed E-state index contributed by atoms with van der Waals surface area (Å²) in [5.41, 5.74) is 7.43. The van der Waals surface area contributed by atoms with Crippen molar-refractivity contribution in [3.8, 4) is 0 Å². The molecule has 0 spiro atoms. The Bertz CT molecular complexity index is 686. The molecule has 1 fully saturated rings. The van der Waals surface area contributed by atoms with Gasteiger partial charge in [0, 0.05) is 23.1 Å². The van der Waals surface area contributed by atoms with Gasteiger partial charge in [0.25, 0.3) is 0 Å².